The van der Waals surface area contributed by atoms with Crippen molar-refractivity contribution in [3.8, 4) is 16.9 Å². The lowest BCUT2D eigenvalue weighted by Gasteiger charge is -2.34. The predicted octanol–water partition coefficient (Wildman–Crippen LogP) is 4.29. The number of aliphatic hydroxyl groups excluding tert-OH is 1. The lowest BCUT2D eigenvalue weighted by Crippen LogP contribution is -2.51. The Morgan fingerprint density at radius 1 is 1.30 bits per heavy atom. The van der Waals surface area contributed by atoms with E-state index in [1.54, 1.807) is 13.8 Å². The summed E-state index contributed by atoms with van der Waals surface area (Å²) in [6.07, 6.45) is -0.866. The molecular formula is C24H29N5O3S. The Morgan fingerprint density at radius 2 is 2.06 bits per heavy atom. The number of fused-ring (bicyclic) bond motifs is 2. The van der Waals surface area contributed by atoms with Crippen LogP contribution in [0.25, 0.3) is 11.1 Å². The van der Waals surface area contributed by atoms with Crippen LogP contribution in [0.5, 0.6) is 5.75 Å². The Kier molecular flexibility index (Phi) is 5.02. The zero-order valence-electron chi connectivity index (χ0n) is 19.8. The van der Waals surface area contributed by atoms with Crippen molar-refractivity contribution in [3.05, 3.63) is 40.2 Å². The SMILES string of the molecule is Cc1nn(C(C)C)c(C)c1-c1ccc2c(c1)N(c1nc3c(s1)C(=O)NC(C)(C)C3O)CCO2. The molecular weight excluding hydrogens is 438 g/mol. The fourth-order valence-corrected chi connectivity index (χ4v) is 5.73. The molecule has 0 aliphatic carbocycles. The number of aryl methyl sites for hydroxylation is 1. The first-order chi connectivity index (χ1) is 15.6. The molecule has 3 aromatic rings. The third-order valence-electron chi connectivity index (χ3n) is 6.38. The van der Waals surface area contributed by atoms with Gasteiger partial charge in [-0.1, -0.05) is 17.4 Å². The largest absolute Gasteiger partial charge is 0.490 e. The number of hydrogen-bond donors (Lipinski definition) is 2. The van der Waals surface area contributed by atoms with Gasteiger partial charge in [-0.05, 0) is 59.2 Å². The second-order valence-electron chi connectivity index (χ2n) is 9.56. The number of nitrogens with one attached hydrogen (secondary N) is 1. The van der Waals surface area contributed by atoms with Crippen molar-refractivity contribution in [2.24, 2.45) is 0 Å². The maximum Gasteiger partial charge on any atom is 0.263 e. The first kappa shape index (κ1) is 21.9. The van der Waals surface area contributed by atoms with E-state index in [4.69, 9.17) is 14.8 Å². The van der Waals surface area contributed by atoms with Crippen LogP contribution < -0.4 is 15.0 Å². The lowest BCUT2D eigenvalue weighted by molar-refractivity contribution is 0.0533. The fourth-order valence-electron chi connectivity index (χ4n) is 4.70. The van der Waals surface area contributed by atoms with Gasteiger partial charge in [-0.3, -0.25) is 9.48 Å². The van der Waals surface area contributed by atoms with E-state index in [-0.39, 0.29) is 11.9 Å². The molecule has 0 saturated heterocycles. The van der Waals surface area contributed by atoms with Gasteiger partial charge >= 0.3 is 0 Å². The van der Waals surface area contributed by atoms with E-state index in [2.05, 4.69) is 47.8 Å². The Hall–Kier alpha value is -2.91. The summed E-state index contributed by atoms with van der Waals surface area (Å²) >= 11 is 1.30. The fraction of sp³-hybridized carbons (Fsp3) is 0.458. The number of ether oxygens (including phenoxy) is 1. The molecule has 2 aliphatic rings. The number of carbonyl (C=O) groups excluding carboxylic acids is 1. The highest BCUT2D eigenvalue weighted by atomic mass is 32.1. The quantitative estimate of drug-likeness (QED) is 0.597. The molecule has 0 radical (unpaired) electrons. The highest BCUT2D eigenvalue weighted by molar-refractivity contribution is 7.17. The molecule has 2 aromatic heterocycles. The molecule has 0 fully saturated rings. The Bertz CT molecular complexity index is 1260. The van der Waals surface area contributed by atoms with E-state index in [0.717, 1.165) is 34.0 Å². The van der Waals surface area contributed by atoms with Crippen molar-refractivity contribution in [2.45, 2.75) is 59.2 Å². The number of hydrogen-bond acceptors (Lipinski definition) is 7. The minimum Gasteiger partial charge on any atom is -0.490 e. The summed E-state index contributed by atoms with van der Waals surface area (Å²) in [5.41, 5.74) is 4.86. The molecule has 2 aliphatic heterocycles. The van der Waals surface area contributed by atoms with Crippen LogP contribution in [0.15, 0.2) is 18.2 Å². The number of aliphatic hydroxyl groups is 1. The standard InChI is InChI=1S/C24H29N5O3S/c1-12(2)29-14(4)18(13(3)27-29)15-7-8-17-16(11-15)28(9-10-32-17)23-25-19-20(33-23)22(31)26-24(5,6)21(19)30/h7-8,11-12,21,30H,9-10H2,1-6H3,(H,26,31). The molecule has 0 spiro atoms. The summed E-state index contributed by atoms with van der Waals surface area (Å²) in [5, 5.41) is 19.1. The van der Waals surface area contributed by atoms with Gasteiger partial charge in [0.05, 0.1) is 29.2 Å². The minimum absolute atomic E-state index is 0.196. The second kappa shape index (κ2) is 7.56. The Balaban J connectivity index is 1.59. The molecule has 5 rings (SSSR count). The third-order valence-corrected chi connectivity index (χ3v) is 7.48. The molecule has 9 heteroatoms. The number of carbonyl (C=O) groups is 1. The van der Waals surface area contributed by atoms with E-state index in [0.29, 0.717) is 28.9 Å². The lowest BCUT2D eigenvalue weighted by atomic mass is 9.91. The van der Waals surface area contributed by atoms with E-state index in [9.17, 15) is 9.90 Å². The van der Waals surface area contributed by atoms with E-state index in [1.807, 2.05) is 13.0 Å². The van der Waals surface area contributed by atoms with Crippen LogP contribution in [0.4, 0.5) is 10.8 Å². The number of nitrogens with zero attached hydrogens (tertiary/aromatic N) is 4. The van der Waals surface area contributed by atoms with Crippen LogP contribution in [0, 0.1) is 13.8 Å². The van der Waals surface area contributed by atoms with Crippen molar-refractivity contribution in [2.75, 3.05) is 18.1 Å². The zero-order chi connectivity index (χ0) is 23.7. The van der Waals surface area contributed by atoms with Crippen molar-refractivity contribution >= 4 is 28.1 Å². The van der Waals surface area contributed by atoms with Gasteiger partial charge in [0.2, 0.25) is 0 Å². The minimum atomic E-state index is -0.866. The Morgan fingerprint density at radius 3 is 2.76 bits per heavy atom. The number of amides is 1. The molecule has 1 unspecified atom stereocenters. The van der Waals surface area contributed by atoms with Crippen LogP contribution in [0.2, 0.25) is 0 Å². The van der Waals surface area contributed by atoms with Crippen LogP contribution in [-0.4, -0.2) is 44.5 Å². The normalized spacial score (nSPS) is 19.2. The van der Waals surface area contributed by atoms with E-state index >= 15 is 0 Å². The van der Waals surface area contributed by atoms with Gasteiger partial charge in [0.1, 0.15) is 23.3 Å². The number of benzene rings is 1. The first-order valence-electron chi connectivity index (χ1n) is 11.2. The topological polar surface area (TPSA) is 92.5 Å². The number of aromatic nitrogens is 3. The number of rotatable bonds is 3. The van der Waals surface area contributed by atoms with Gasteiger partial charge in [0, 0.05) is 17.3 Å². The Labute approximate surface area is 197 Å². The number of anilines is 2. The van der Waals surface area contributed by atoms with Gasteiger partial charge in [0.15, 0.2) is 5.13 Å². The van der Waals surface area contributed by atoms with Crippen LogP contribution in [-0.2, 0) is 0 Å². The molecule has 4 heterocycles. The second-order valence-corrected chi connectivity index (χ2v) is 10.5. The monoisotopic (exact) mass is 467 g/mol. The van der Waals surface area contributed by atoms with Gasteiger partial charge in [0.25, 0.3) is 5.91 Å². The van der Waals surface area contributed by atoms with Crippen molar-refractivity contribution in [3.63, 3.8) is 0 Å². The molecule has 1 amide bonds. The third kappa shape index (κ3) is 3.41. The van der Waals surface area contributed by atoms with E-state index in [1.165, 1.54) is 11.3 Å². The van der Waals surface area contributed by atoms with Crippen molar-refractivity contribution < 1.29 is 14.6 Å². The zero-order valence-corrected chi connectivity index (χ0v) is 20.6. The van der Waals surface area contributed by atoms with Gasteiger partial charge in [-0.25, -0.2) is 4.98 Å². The number of thiazole rings is 1. The molecule has 1 aromatic carbocycles. The van der Waals surface area contributed by atoms with Crippen LogP contribution in [0.1, 0.15) is 66.6 Å². The highest BCUT2D eigenvalue weighted by Gasteiger charge is 2.42. The smallest absolute Gasteiger partial charge is 0.263 e. The molecule has 33 heavy (non-hydrogen) atoms. The highest BCUT2D eigenvalue weighted by Crippen LogP contribution is 2.44. The summed E-state index contributed by atoms with van der Waals surface area (Å²) in [4.78, 5) is 19.9. The molecule has 8 nitrogen and oxygen atoms in total. The summed E-state index contributed by atoms with van der Waals surface area (Å²) in [7, 11) is 0. The van der Waals surface area contributed by atoms with Crippen molar-refractivity contribution in [1.82, 2.24) is 20.1 Å². The van der Waals surface area contributed by atoms with E-state index < -0.39 is 11.6 Å². The average Bonchev–Trinajstić information content (AvgIpc) is 3.33. The predicted molar refractivity (Wildman–Crippen MR) is 129 cm³/mol. The van der Waals surface area contributed by atoms with Crippen LogP contribution >= 0.6 is 11.3 Å². The molecule has 2 N–H and O–H groups in total. The molecule has 174 valence electrons. The van der Waals surface area contributed by atoms with Gasteiger partial charge < -0.3 is 20.1 Å². The van der Waals surface area contributed by atoms with Crippen molar-refractivity contribution in [1.29, 1.82) is 0 Å². The maximum atomic E-state index is 12.7. The van der Waals surface area contributed by atoms with Gasteiger partial charge in [-0.2, -0.15) is 5.10 Å². The van der Waals surface area contributed by atoms with Gasteiger partial charge in [-0.15, -0.1) is 0 Å². The molecule has 0 bridgehead atoms. The summed E-state index contributed by atoms with van der Waals surface area (Å²) < 4.78 is 7.98. The summed E-state index contributed by atoms with van der Waals surface area (Å²) in [5.74, 6) is 0.577. The van der Waals surface area contributed by atoms with Crippen LogP contribution in [0.3, 0.4) is 0 Å². The summed E-state index contributed by atoms with van der Waals surface area (Å²) in [6, 6.07) is 6.44. The maximum absolute atomic E-state index is 12.7. The molecule has 0 saturated carbocycles. The summed E-state index contributed by atoms with van der Waals surface area (Å²) in [6.45, 7) is 13.1. The molecule has 1 atom stereocenters. The first-order valence-corrected chi connectivity index (χ1v) is 12.0. The average molecular weight is 468 g/mol.